The summed E-state index contributed by atoms with van der Waals surface area (Å²) in [5.74, 6) is 0.460. The third-order valence-corrected chi connectivity index (χ3v) is 5.50. The Morgan fingerprint density at radius 2 is 1.93 bits per heavy atom. The van der Waals surface area contributed by atoms with Gasteiger partial charge < -0.3 is 0 Å². The molecule has 3 aromatic heterocycles. The Kier molecular flexibility index (Phi) is 5.56. The van der Waals surface area contributed by atoms with Crippen LogP contribution in [0.25, 0.3) is 22.6 Å². The fraction of sp³-hybridized carbons (Fsp3) is 0.318. The van der Waals surface area contributed by atoms with Crippen molar-refractivity contribution in [3.05, 3.63) is 70.0 Å². The second kappa shape index (κ2) is 8.44. The van der Waals surface area contributed by atoms with E-state index >= 15 is 0 Å². The molecule has 0 bridgehead atoms. The average molecular weight is 403 g/mol. The van der Waals surface area contributed by atoms with Gasteiger partial charge in [0.2, 0.25) is 5.82 Å². The summed E-state index contributed by atoms with van der Waals surface area (Å²) in [6.45, 7) is 4.75. The molecule has 0 saturated carbocycles. The molecule has 0 fully saturated rings. The third-order valence-electron chi connectivity index (χ3n) is 5.50. The fourth-order valence-electron chi connectivity index (χ4n) is 3.70. The summed E-state index contributed by atoms with van der Waals surface area (Å²) in [6, 6.07) is 12.1. The van der Waals surface area contributed by atoms with E-state index in [-0.39, 0.29) is 5.69 Å². The number of unbranched alkanes of at least 4 members (excludes halogenated alkanes) is 1. The summed E-state index contributed by atoms with van der Waals surface area (Å²) in [5.41, 5.74) is 5.90. The van der Waals surface area contributed by atoms with Crippen molar-refractivity contribution >= 4 is 0 Å². The molecule has 154 valence electrons. The molecule has 0 atom stereocenters. The lowest BCUT2D eigenvalue weighted by atomic mass is 10.0. The van der Waals surface area contributed by atoms with Crippen molar-refractivity contribution < 1.29 is 0 Å². The van der Waals surface area contributed by atoms with Crippen molar-refractivity contribution in [3.63, 3.8) is 0 Å². The Labute approximate surface area is 174 Å². The number of rotatable bonds is 7. The van der Waals surface area contributed by atoms with Gasteiger partial charge in [-0.25, -0.2) is 4.79 Å². The lowest BCUT2D eigenvalue weighted by Crippen LogP contribution is -2.24. The summed E-state index contributed by atoms with van der Waals surface area (Å²) >= 11 is 0. The number of aromatic amines is 1. The van der Waals surface area contributed by atoms with Crippen molar-refractivity contribution in [2.24, 2.45) is 7.05 Å². The molecule has 1 N–H and O–H groups in total. The molecule has 8 heteroatoms. The second-order valence-corrected chi connectivity index (χ2v) is 7.40. The van der Waals surface area contributed by atoms with Crippen LogP contribution in [0.15, 0.2) is 47.4 Å². The van der Waals surface area contributed by atoms with Crippen molar-refractivity contribution in [3.8, 4) is 22.6 Å². The summed E-state index contributed by atoms with van der Waals surface area (Å²) in [6.07, 6.45) is 4.81. The standard InChI is InChI=1S/C22H25N7O/c1-4-5-8-19-15(2)28(3)22(30)29(19)14-16-9-11-17(12-10-16)18-7-6-13-23-20(18)21-24-26-27-25-21/h6-7,9-13H,4-5,8,14H2,1-3H3,(H,24,25,26,27). The summed E-state index contributed by atoms with van der Waals surface area (Å²) in [5, 5.41) is 14.2. The number of pyridine rings is 1. The predicted octanol–water partition coefficient (Wildman–Crippen LogP) is 3.13. The van der Waals surface area contributed by atoms with Crippen LogP contribution < -0.4 is 5.69 Å². The minimum absolute atomic E-state index is 0.0364. The molecule has 8 nitrogen and oxygen atoms in total. The SMILES string of the molecule is CCCCc1c(C)n(C)c(=O)n1Cc1ccc(-c2cccnc2-c2nn[nH]n2)cc1. The van der Waals surface area contributed by atoms with Crippen LogP contribution in [-0.4, -0.2) is 34.7 Å². The first-order valence-corrected chi connectivity index (χ1v) is 10.1. The average Bonchev–Trinajstić information content (AvgIpc) is 3.38. The Bertz CT molecular complexity index is 1190. The van der Waals surface area contributed by atoms with E-state index in [4.69, 9.17) is 0 Å². The van der Waals surface area contributed by atoms with E-state index in [0.29, 0.717) is 18.1 Å². The number of imidazole rings is 1. The highest BCUT2D eigenvalue weighted by molar-refractivity contribution is 5.77. The largest absolute Gasteiger partial charge is 0.328 e. The summed E-state index contributed by atoms with van der Waals surface area (Å²) < 4.78 is 3.64. The van der Waals surface area contributed by atoms with Gasteiger partial charge in [-0.15, -0.1) is 10.2 Å². The van der Waals surface area contributed by atoms with E-state index in [1.165, 1.54) is 0 Å². The van der Waals surface area contributed by atoms with Crippen molar-refractivity contribution in [2.75, 3.05) is 0 Å². The van der Waals surface area contributed by atoms with Crippen LogP contribution in [0.4, 0.5) is 0 Å². The maximum atomic E-state index is 12.7. The molecule has 0 aliphatic rings. The van der Waals surface area contributed by atoms with Crippen LogP contribution in [0.3, 0.4) is 0 Å². The zero-order chi connectivity index (χ0) is 21.1. The zero-order valence-corrected chi connectivity index (χ0v) is 17.5. The van der Waals surface area contributed by atoms with Crippen LogP contribution >= 0.6 is 0 Å². The van der Waals surface area contributed by atoms with E-state index in [0.717, 1.165) is 47.3 Å². The van der Waals surface area contributed by atoms with Gasteiger partial charge in [0.05, 0.1) is 6.54 Å². The van der Waals surface area contributed by atoms with Crippen LogP contribution in [0.2, 0.25) is 0 Å². The third kappa shape index (κ3) is 3.68. The number of nitrogens with zero attached hydrogens (tertiary/aromatic N) is 6. The lowest BCUT2D eigenvalue weighted by Gasteiger charge is -2.10. The number of H-pyrrole nitrogens is 1. The van der Waals surface area contributed by atoms with E-state index in [1.54, 1.807) is 10.8 Å². The molecule has 0 radical (unpaired) electrons. The molecule has 0 spiro atoms. The number of hydrogen-bond donors (Lipinski definition) is 1. The van der Waals surface area contributed by atoms with Crippen LogP contribution in [-0.2, 0) is 20.0 Å². The Morgan fingerprint density at radius 3 is 2.63 bits per heavy atom. The van der Waals surface area contributed by atoms with Gasteiger partial charge in [0.15, 0.2) is 0 Å². The molecule has 4 rings (SSSR count). The summed E-state index contributed by atoms with van der Waals surface area (Å²) in [7, 11) is 1.84. The van der Waals surface area contributed by atoms with Crippen molar-refractivity contribution in [1.29, 1.82) is 0 Å². The fourth-order valence-corrected chi connectivity index (χ4v) is 3.70. The van der Waals surface area contributed by atoms with E-state index in [9.17, 15) is 4.79 Å². The van der Waals surface area contributed by atoms with Crippen molar-refractivity contribution in [1.82, 2.24) is 34.7 Å². The molecule has 4 aromatic rings. The normalized spacial score (nSPS) is 11.2. The number of hydrogen-bond acceptors (Lipinski definition) is 5. The van der Waals surface area contributed by atoms with Gasteiger partial charge in [-0.05, 0) is 42.2 Å². The van der Waals surface area contributed by atoms with Gasteiger partial charge in [0, 0.05) is 30.2 Å². The van der Waals surface area contributed by atoms with Gasteiger partial charge in [0.25, 0.3) is 0 Å². The Hall–Kier alpha value is -3.55. The Morgan fingerprint density at radius 1 is 1.13 bits per heavy atom. The monoisotopic (exact) mass is 403 g/mol. The van der Waals surface area contributed by atoms with Crippen LogP contribution in [0.1, 0.15) is 36.7 Å². The second-order valence-electron chi connectivity index (χ2n) is 7.40. The minimum Gasteiger partial charge on any atom is -0.299 e. The number of tetrazole rings is 1. The molecule has 1 aromatic carbocycles. The number of nitrogens with one attached hydrogen (secondary N) is 1. The highest BCUT2D eigenvalue weighted by Gasteiger charge is 2.15. The van der Waals surface area contributed by atoms with Gasteiger partial charge in [0.1, 0.15) is 5.69 Å². The Balaban J connectivity index is 1.64. The maximum Gasteiger partial charge on any atom is 0.328 e. The lowest BCUT2D eigenvalue weighted by molar-refractivity contribution is 0.667. The highest BCUT2D eigenvalue weighted by Crippen LogP contribution is 2.28. The molecule has 3 heterocycles. The van der Waals surface area contributed by atoms with E-state index < -0.39 is 0 Å². The van der Waals surface area contributed by atoms with E-state index in [2.05, 4.69) is 44.7 Å². The molecule has 0 aliphatic heterocycles. The topological polar surface area (TPSA) is 94.3 Å². The van der Waals surface area contributed by atoms with Gasteiger partial charge in [-0.2, -0.15) is 5.21 Å². The minimum atomic E-state index is 0.0364. The highest BCUT2D eigenvalue weighted by atomic mass is 16.1. The summed E-state index contributed by atoms with van der Waals surface area (Å²) in [4.78, 5) is 17.2. The molecule has 30 heavy (non-hydrogen) atoms. The molecule has 0 aliphatic carbocycles. The maximum absolute atomic E-state index is 12.7. The quantitative estimate of drug-likeness (QED) is 0.512. The molecule has 0 saturated heterocycles. The van der Waals surface area contributed by atoms with Gasteiger partial charge in [-0.1, -0.05) is 43.7 Å². The molecule has 0 unspecified atom stereocenters. The van der Waals surface area contributed by atoms with E-state index in [1.807, 2.05) is 42.8 Å². The molecular weight excluding hydrogens is 378 g/mol. The van der Waals surface area contributed by atoms with Crippen LogP contribution in [0, 0.1) is 6.92 Å². The van der Waals surface area contributed by atoms with Crippen molar-refractivity contribution in [2.45, 2.75) is 39.7 Å². The van der Waals surface area contributed by atoms with Gasteiger partial charge in [-0.3, -0.25) is 14.1 Å². The van der Waals surface area contributed by atoms with Crippen LogP contribution in [0.5, 0.6) is 0 Å². The first kappa shape index (κ1) is 19.8. The smallest absolute Gasteiger partial charge is 0.299 e. The predicted molar refractivity (Wildman–Crippen MR) is 115 cm³/mol. The number of aromatic nitrogens is 7. The number of benzene rings is 1. The molecule has 0 amide bonds. The zero-order valence-electron chi connectivity index (χ0n) is 17.5. The molecular formula is C22H25N7O. The first-order chi connectivity index (χ1) is 14.6. The first-order valence-electron chi connectivity index (χ1n) is 10.1. The van der Waals surface area contributed by atoms with Gasteiger partial charge >= 0.3 is 5.69 Å².